The van der Waals surface area contributed by atoms with Crippen LogP contribution in [0.5, 0.6) is 5.75 Å². The highest BCUT2D eigenvalue weighted by atomic mass is 79.9. The number of hydrogen-bond donors (Lipinski definition) is 0. The Hall–Kier alpha value is -1.03. The second-order valence-electron chi connectivity index (χ2n) is 4.04. The Morgan fingerprint density at radius 2 is 2.38 bits per heavy atom. The SMILES string of the molecule is CCOC(=O)C1C2Oc3c(Br)cccc3C21. The van der Waals surface area contributed by atoms with Gasteiger partial charge in [-0.25, -0.2) is 0 Å². The summed E-state index contributed by atoms with van der Waals surface area (Å²) >= 11 is 3.44. The lowest BCUT2D eigenvalue weighted by atomic mass is 10.1. The number of fused-ring (bicyclic) bond motifs is 3. The van der Waals surface area contributed by atoms with Crippen molar-refractivity contribution >= 4 is 21.9 Å². The van der Waals surface area contributed by atoms with Crippen molar-refractivity contribution in [2.75, 3.05) is 6.61 Å². The molecule has 1 fully saturated rings. The number of para-hydroxylation sites is 1. The smallest absolute Gasteiger partial charge is 0.313 e. The summed E-state index contributed by atoms with van der Waals surface area (Å²) in [6.07, 6.45) is -0.00671. The fourth-order valence-corrected chi connectivity index (χ4v) is 2.84. The zero-order chi connectivity index (χ0) is 11.3. The molecule has 0 radical (unpaired) electrons. The Bertz CT molecular complexity index is 458. The molecule has 3 rings (SSSR count). The Labute approximate surface area is 102 Å². The first kappa shape index (κ1) is 10.1. The fraction of sp³-hybridized carbons (Fsp3) is 0.417. The van der Waals surface area contributed by atoms with Crippen LogP contribution >= 0.6 is 15.9 Å². The minimum absolute atomic E-state index is 0.00671. The molecule has 2 aliphatic rings. The lowest BCUT2D eigenvalue weighted by Gasteiger charge is -2.09. The van der Waals surface area contributed by atoms with Crippen molar-refractivity contribution < 1.29 is 14.3 Å². The first-order valence-electron chi connectivity index (χ1n) is 5.35. The number of esters is 1. The van der Waals surface area contributed by atoms with Crippen molar-refractivity contribution in [2.24, 2.45) is 5.92 Å². The van der Waals surface area contributed by atoms with Crippen molar-refractivity contribution in [1.29, 1.82) is 0 Å². The molecule has 3 unspecified atom stereocenters. The first-order chi connectivity index (χ1) is 7.74. The molecule has 4 heteroatoms. The number of rotatable bonds is 2. The van der Waals surface area contributed by atoms with E-state index in [9.17, 15) is 4.79 Å². The molecular formula is C12H11BrO3. The van der Waals surface area contributed by atoms with Crippen LogP contribution in [-0.2, 0) is 9.53 Å². The molecule has 0 amide bonds. The topological polar surface area (TPSA) is 35.5 Å². The maximum absolute atomic E-state index is 11.6. The van der Waals surface area contributed by atoms with E-state index in [0.29, 0.717) is 6.61 Å². The van der Waals surface area contributed by atoms with Gasteiger partial charge in [-0.3, -0.25) is 4.79 Å². The standard InChI is InChI=1S/C12H11BrO3/c1-2-15-12(14)9-8-6-4-3-5-7(13)10(6)16-11(8)9/h3-5,8-9,11H,2H2,1H3. The molecule has 3 nitrogen and oxygen atoms in total. The summed E-state index contributed by atoms with van der Waals surface area (Å²) in [6.45, 7) is 2.25. The Morgan fingerprint density at radius 3 is 3.12 bits per heavy atom. The summed E-state index contributed by atoms with van der Waals surface area (Å²) < 4.78 is 11.7. The highest BCUT2D eigenvalue weighted by Crippen LogP contribution is 2.60. The number of hydrogen-bond acceptors (Lipinski definition) is 3. The third-order valence-electron chi connectivity index (χ3n) is 3.12. The predicted octanol–water partition coefficient (Wildman–Crippen LogP) is 2.49. The van der Waals surface area contributed by atoms with Gasteiger partial charge in [-0.05, 0) is 28.9 Å². The summed E-state index contributed by atoms with van der Waals surface area (Å²) in [5.41, 5.74) is 1.12. The molecule has 0 bridgehead atoms. The fourth-order valence-electron chi connectivity index (χ4n) is 2.37. The van der Waals surface area contributed by atoms with Crippen LogP contribution in [-0.4, -0.2) is 18.7 Å². The van der Waals surface area contributed by atoms with Gasteiger partial charge in [0.25, 0.3) is 0 Å². The van der Waals surface area contributed by atoms with E-state index in [1.807, 2.05) is 25.1 Å². The van der Waals surface area contributed by atoms with Crippen molar-refractivity contribution in [3.8, 4) is 5.75 Å². The Morgan fingerprint density at radius 1 is 1.56 bits per heavy atom. The number of benzene rings is 1. The normalized spacial score (nSPS) is 29.0. The van der Waals surface area contributed by atoms with E-state index in [1.165, 1.54) is 0 Å². The minimum atomic E-state index is -0.136. The van der Waals surface area contributed by atoms with Gasteiger partial charge in [0.05, 0.1) is 11.1 Å². The van der Waals surface area contributed by atoms with Crippen LogP contribution < -0.4 is 4.74 Å². The summed E-state index contributed by atoms with van der Waals surface area (Å²) in [5, 5.41) is 0. The molecule has 1 aliphatic heterocycles. The van der Waals surface area contributed by atoms with Crippen LogP contribution in [0.1, 0.15) is 18.4 Å². The van der Waals surface area contributed by atoms with Crippen LogP contribution in [0.25, 0.3) is 0 Å². The summed E-state index contributed by atoms with van der Waals surface area (Å²) in [7, 11) is 0. The van der Waals surface area contributed by atoms with Crippen LogP contribution in [0, 0.1) is 5.92 Å². The van der Waals surface area contributed by atoms with E-state index >= 15 is 0 Å². The van der Waals surface area contributed by atoms with E-state index in [1.54, 1.807) is 0 Å². The monoisotopic (exact) mass is 282 g/mol. The third-order valence-corrected chi connectivity index (χ3v) is 3.75. The zero-order valence-corrected chi connectivity index (χ0v) is 10.4. The summed E-state index contributed by atoms with van der Waals surface area (Å²) in [4.78, 5) is 11.6. The highest BCUT2D eigenvalue weighted by Gasteiger charge is 2.63. The van der Waals surface area contributed by atoms with Gasteiger partial charge >= 0.3 is 5.97 Å². The number of carbonyl (C=O) groups excluding carboxylic acids is 1. The maximum Gasteiger partial charge on any atom is 0.313 e. The molecule has 1 aromatic carbocycles. The van der Waals surface area contributed by atoms with E-state index in [-0.39, 0.29) is 23.9 Å². The Balaban J connectivity index is 1.85. The quantitative estimate of drug-likeness (QED) is 0.782. The summed E-state index contributed by atoms with van der Waals surface area (Å²) in [5.74, 6) is 0.856. The van der Waals surface area contributed by atoms with Gasteiger partial charge in [0.1, 0.15) is 17.8 Å². The first-order valence-corrected chi connectivity index (χ1v) is 6.15. The van der Waals surface area contributed by atoms with Crippen molar-refractivity contribution in [3.63, 3.8) is 0 Å². The predicted molar refractivity (Wildman–Crippen MR) is 61.4 cm³/mol. The van der Waals surface area contributed by atoms with E-state index in [0.717, 1.165) is 15.8 Å². The van der Waals surface area contributed by atoms with Crippen LogP contribution in [0.15, 0.2) is 22.7 Å². The van der Waals surface area contributed by atoms with Gasteiger partial charge in [-0.15, -0.1) is 0 Å². The van der Waals surface area contributed by atoms with Crippen LogP contribution in [0.2, 0.25) is 0 Å². The van der Waals surface area contributed by atoms with E-state index in [4.69, 9.17) is 9.47 Å². The molecule has 0 saturated heterocycles. The largest absolute Gasteiger partial charge is 0.487 e. The third kappa shape index (κ3) is 1.29. The number of ether oxygens (including phenoxy) is 2. The lowest BCUT2D eigenvalue weighted by Crippen LogP contribution is -2.13. The molecule has 0 aromatic heterocycles. The Kier molecular flexibility index (Phi) is 2.21. The van der Waals surface area contributed by atoms with Gasteiger partial charge in [0, 0.05) is 11.5 Å². The minimum Gasteiger partial charge on any atom is -0.487 e. The second-order valence-corrected chi connectivity index (χ2v) is 4.90. The highest BCUT2D eigenvalue weighted by molar-refractivity contribution is 9.10. The lowest BCUT2D eigenvalue weighted by molar-refractivity contribution is -0.145. The average Bonchev–Trinajstić information content (AvgIpc) is 2.85. The van der Waals surface area contributed by atoms with Gasteiger partial charge in [-0.1, -0.05) is 12.1 Å². The molecule has 3 atom stereocenters. The van der Waals surface area contributed by atoms with Crippen LogP contribution in [0.4, 0.5) is 0 Å². The van der Waals surface area contributed by atoms with Gasteiger partial charge in [0.15, 0.2) is 0 Å². The van der Waals surface area contributed by atoms with Crippen molar-refractivity contribution in [3.05, 3.63) is 28.2 Å². The molecule has 1 aliphatic carbocycles. The molecule has 0 N–H and O–H groups in total. The molecule has 1 saturated carbocycles. The molecule has 1 aromatic rings. The van der Waals surface area contributed by atoms with E-state index in [2.05, 4.69) is 15.9 Å². The van der Waals surface area contributed by atoms with Gasteiger partial charge in [-0.2, -0.15) is 0 Å². The second kappa shape index (κ2) is 3.48. The molecule has 84 valence electrons. The molecule has 16 heavy (non-hydrogen) atoms. The maximum atomic E-state index is 11.6. The molecule has 0 spiro atoms. The number of carbonyl (C=O) groups is 1. The van der Waals surface area contributed by atoms with E-state index < -0.39 is 0 Å². The number of halogens is 1. The molecular weight excluding hydrogens is 272 g/mol. The molecule has 1 heterocycles. The van der Waals surface area contributed by atoms with Gasteiger partial charge in [0.2, 0.25) is 0 Å². The van der Waals surface area contributed by atoms with Crippen molar-refractivity contribution in [1.82, 2.24) is 0 Å². The zero-order valence-electron chi connectivity index (χ0n) is 8.77. The summed E-state index contributed by atoms with van der Waals surface area (Å²) in [6, 6.07) is 5.93. The average molecular weight is 283 g/mol. The van der Waals surface area contributed by atoms with Crippen molar-refractivity contribution in [2.45, 2.75) is 18.9 Å². The van der Waals surface area contributed by atoms with Gasteiger partial charge < -0.3 is 9.47 Å². The van der Waals surface area contributed by atoms with Crippen LogP contribution in [0.3, 0.4) is 0 Å².